The fraction of sp³-hybridized carbons (Fsp3) is 0.385. The van der Waals surface area contributed by atoms with E-state index in [0.29, 0.717) is 4.22 Å². The third kappa shape index (κ3) is 4.01. The first kappa shape index (κ1) is 19.9. The average molecular weight is 329 g/mol. The molecule has 0 aliphatic heterocycles. The zero-order chi connectivity index (χ0) is 10.1. The molecule has 0 saturated carbocycles. The van der Waals surface area contributed by atoms with Gasteiger partial charge in [0.05, 0.1) is 0 Å². The Morgan fingerprint density at radius 2 is 1.71 bits per heavy atom. The van der Waals surface area contributed by atoms with E-state index in [2.05, 4.69) is 58.6 Å². The Morgan fingerprint density at radius 3 is 2.24 bits per heavy atom. The van der Waals surface area contributed by atoms with Gasteiger partial charge in [-0.1, -0.05) is 0 Å². The van der Waals surface area contributed by atoms with Crippen LogP contribution < -0.4 is 0 Å². The van der Waals surface area contributed by atoms with Crippen molar-refractivity contribution in [1.82, 2.24) is 0 Å². The predicted molar refractivity (Wildman–Crippen MR) is 78.7 cm³/mol. The summed E-state index contributed by atoms with van der Waals surface area (Å²) in [6, 6.07) is 4.74. The number of halogens is 3. The molecule has 0 fully saturated rings. The third-order valence-electron chi connectivity index (χ3n) is 2.94. The van der Waals surface area contributed by atoms with Gasteiger partial charge in [-0.05, 0) is 0 Å². The van der Waals surface area contributed by atoms with Crippen LogP contribution in [-0.4, -0.2) is 0 Å². The van der Waals surface area contributed by atoms with Gasteiger partial charge in [0.15, 0.2) is 0 Å². The molecule has 0 N–H and O–H groups in total. The molecule has 0 amide bonds. The maximum absolute atomic E-state index is 2.37. The van der Waals surface area contributed by atoms with E-state index in [0.717, 1.165) is 12.8 Å². The molecule has 1 aromatic rings. The Balaban J connectivity index is 0. The molecule has 2 rings (SSSR count). The standard InChI is InChI=1S/C13H15.3ClH.Ti/c1-3-10-8-11(4-2)13-7-5-6-12(13)9-10;;;;/h5-9H,3-4H2,1-2H3;3*1H;. The molecular formula is C13H18Cl3Ti. The SMILES string of the molecule is CCc1cc(CC)c2c(c1)[CH]([Ti])C=C2.Cl.Cl.Cl. The topological polar surface area (TPSA) is 0 Å². The van der Waals surface area contributed by atoms with Crippen molar-refractivity contribution in [3.05, 3.63) is 40.5 Å². The van der Waals surface area contributed by atoms with Crippen molar-refractivity contribution in [2.24, 2.45) is 0 Å². The molecule has 0 heterocycles. The van der Waals surface area contributed by atoms with Crippen molar-refractivity contribution in [3.63, 3.8) is 0 Å². The van der Waals surface area contributed by atoms with Crippen molar-refractivity contribution < 1.29 is 20.4 Å². The number of benzene rings is 1. The van der Waals surface area contributed by atoms with Gasteiger partial charge in [0.25, 0.3) is 0 Å². The first-order chi connectivity index (χ1) is 6.76. The van der Waals surface area contributed by atoms with Gasteiger partial charge in [0, 0.05) is 0 Å². The zero-order valence-corrected chi connectivity index (χ0v) is 14.0. The van der Waals surface area contributed by atoms with Crippen molar-refractivity contribution in [2.45, 2.75) is 30.9 Å². The summed E-state index contributed by atoms with van der Waals surface area (Å²) in [6.45, 7) is 4.47. The summed E-state index contributed by atoms with van der Waals surface area (Å²) < 4.78 is 0.613. The van der Waals surface area contributed by atoms with Crippen LogP contribution in [0.25, 0.3) is 6.08 Å². The zero-order valence-electron chi connectivity index (χ0n) is 10.0. The van der Waals surface area contributed by atoms with Crippen molar-refractivity contribution in [3.8, 4) is 0 Å². The maximum Gasteiger partial charge on any atom is -0.147 e. The van der Waals surface area contributed by atoms with Crippen LogP contribution in [0.15, 0.2) is 18.2 Å². The summed E-state index contributed by atoms with van der Waals surface area (Å²) in [6.07, 6.45) is 6.89. The molecule has 0 saturated heterocycles. The van der Waals surface area contributed by atoms with Gasteiger partial charge in [0.2, 0.25) is 0 Å². The predicted octanol–water partition coefficient (Wildman–Crippen LogP) is 4.69. The molecule has 4 heteroatoms. The minimum absolute atomic E-state index is 0. The molecule has 17 heavy (non-hydrogen) atoms. The van der Waals surface area contributed by atoms with Gasteiger partial charge in [-0.2, -0.15) is 0 Å². The summed E-state index contributed by atoms with van der Waals surface area (Å²) in [5, 5.41) is 0. The quantitative estimate of drug-likeness (QED) is 0.691. The van der Waals surface area contributed by atoms with E-state index in [4.69, 9.17) is 0 Å². The minimum atomic E-state index is 0. The second-order valence-corrected chi connectivity index (χ2v) is 4.77. The summed E-state index contributed by atoms with van der Waals surface area (Å²) in [4.78, 5) is 0. The number of hydrogen-bond donors (Lipinski definition) is 0. The fourth-order valence-corrected chi connectivity index (χ4v) is 2.58. The van der Waals surface area contributed by atoms with E-state index in [-0.39, 0.29) is 37.2 Å². The van der Waals surface area contributed by atoms with Crippen LogP contribution in [0.4, 0.5) is 0 Å². The monoisotopic (exact) mass is 327 g/mol. The molecule has 95 valence electrons. The van der Waals surface area contributed by atoms with Crippen LogP contribution in [0.3, 0.4) is 0 Å². The van der Waals surface area contributed by atoms with Crippen molar-refractivity contribution in [1.29, 1.82) is 0 Å². The Kier molecular flexibility index (Phi) is 10.1. The molecular weight excluding hydrogens is 310 g/mol. The first-order valence-electron chi connectivity index (χ1n) is 5.31. The van der Waals surface area contributed by atoms with Gasteiger partial charge < -0.3 is 0 Å². The maximum atomic E-state index is 2.37. The summed E-state index contributed by atoms with van der Waals surface area (Å²) >= 11 is 2.28. The molecule has 1 atom stereocenters. The molecule has 0 aromatic heterocycles. The largest absolute Gasteiger partial charge is 0.147 e. The Hall–Kier alpha value is 0.544. The Labute approximate surface area is 134 Å². The molecule has 0 spiro atoms. The Bertz CT molecular complexity index is 388. The van der Waals surface area contributed by atoms with E-state index >= 15 is 0 Å². The number of fused-ring (bicyclic) bond motifs is 1. The van der Waals surface area contributed by atoms with E-state index in [1.165, 1.54) is 22.3 Å². The molecule has 1 unspecified atom stereocenters. The van der Waals surface area contributed by atoms with Crippen molar-refractivity contribution >= 4 is 43.3 Å². The molecule has 0 radical (unpaired) electrons. The summed E-state index contributed by atoms with van der Waals surface area (Å²) in [5.41, 5.74) is 6.01. The summed E-state index contributed by atoms with van der Waals surface area (Å²) in [7, 11) is 0. The fourth-order valence-electron chi connectivity index (χ4n) is 2.06. The molecule has 1 aliphatic rings. The smallest absolute Gasteiger partial charge is 0.147 e. The van der Waals surface area contributed by atoms with E-state index in [1.807, 2.05) is 0 Å². The summed E-state index contributed by atoms with van der Waals surface area (Å²) in [5.74, 6) is 0. The van der Waals surface area contributed by atoms with Crippen LogP contribution in [0.1, 0.15) is 40.3 Å². The molecule has 1 aliphatic carbocycles. The van der Waals surface area contributed by atoms with Gasteiger partial charge in [-0.25, -0.2) is 0 Å². The first-order valence-corrected chi connectivity index (χ1v) is 6.21. The van der Waals surface area contributed by atoms with Crippen LogP contribution >= 0.6 is 37.2 Å². The van der Waals surface area contributed by atoms with Crippen LogP contribution in [0.2, 0.25) is 0 Å². The number of hydrogen-bond acceptors (Lipinski definition) is 0. The average Bonchev–Trinajstić information content (AvgIpc) is 2.59. The van der Waals surface area contributed by atoms with Gasteiger partial charge in [-0.15, -0.1) is 37.2 Å². The van der Waals surface area contributed by atoms with Gasteiger partial charge in [0.1, 0.15) is 0 Å². The van der Waals surface area contributed by atoms with Crippen LogP contribution in [-0.2, 0) is 33.3 Å². The Morgan fingerprint density at radius 1 is 1.06 bits per heavy atom. The number of allylic oxidation sites excluding steroid dienone is 1. The van der Waals surface area contributed by atoms with Crippen molar-refractivity contribution in [2.75, 3.05) is 0 Å². The normalized spacial score (nSPS) is 15.2. The number of aryl methyl sites for hydroxylation is 2. The van der Waals surface area contributed by atoms with Crippen LogP contribution in [0.5, 0.6) is 0 Å². The van der Waals surface area contributed by atoms with E-state index < -0.39 is 0 Å². The molecule has 0 nitrogen and oxygen atoms in total. The molecule has 1 aromatic carbocycles. The third-order valence-corrected chi connectivity index (χ3v) is 3.72. The van der Waals surface area contributed by atoms with Crippen LogP contribution in [0, 0.1) is 0 Å². The minimum Gasteiger partial charge on any atom is -0.147 e. The van der Waals surface area contributed by atoms with E-state index in [1.54, 1.807) is 0 Å². The second kappa shape index (κ2) is 8.61. The van der Waals surface area contributed by atoms with Gasteiger partial charge >= 0.3 is 97.9 Å². The molecule has 0 bridgehead atoms. The van der Waals surface area contributed by atoms with Gasteiger partial charge in [-0.3, -0.25) is 0 Å². The van der Waals surface area contributed by atoms with E-state index in [9.17, 15) is 0 Å². The second-order valence-electron chi connectivity index (χ2n) is 3.80. The number of rotatable bonds is 2.